The number of hydrogen-bond acceptors (Lipinski definition) is 6. The molecule has 0 aliphatic carbocycles. The number of hydrogen-bond donors (Lipinski definition) is 2. The summed E-state index contributed by atoms with van der Waals surface area (Å²) in [5.74, 6) is -0.158. The Morgan fingerprint density at radius 3 is 2.68 bits per heavy atom. The maximum Gasteiger partial charge on any atom is 0.407 e. The molecule has 1 heterocycles. The number of ether oxygens (including phenoxy) is 1. The van der Waals surface area contributed by atoms with E-state index in [9.17, 15) is 19.7 Å². The fourth-order valence-electron chi connectivity index (χ4n) is 3.11. The van der Waals surface area contributed by atoms with Crippen molar-refractivity contribution in [2.24, 2.45) is 0 Å². The van der Waals surface area contributed by atoms with Crippen LogP contribution in [0.4, 0.5) is 16.2 Å². The van der Waals surface area contributed by atoms with Crippen molar-refractivity contribution < 1.29 is 19.2 Å². The first-order chi connectivity index (χ1) is 13.2. The molecule has 0 bridgehead atoms. The van der Waals surface area contributed by atoms with E-state index in [0.717, 1.165) is 19.3 Å². The van der Waals surface area contributed by atoms with Gasteiger partial charge in [-0.3, -0.25) is 14.9 Å². The van der Waals surface area contributed by atoms with Gasteiger partial charge in [0.1, 0.15) is 11.3 Å². The number of carbonyl (C=O) groups is 2. The molecule has 28 heavy (non-hydrogen) atoms. The monoisotopic (exact) mass is 392 g/mol. The van der Waals surface area contributed by atoms with Crippen LogP contribution in [-0.4, -0.2) is 53.1 Å². The van der Waals surface area contributed by atoms with Crippen LogP contribution in [0, 0.1) is 10.1 Å². The Bertz CT molecular complexity index is 717. The molecule has 2 amide bonds. The minimum atomic E-state index is -0.583. The van der Waals surface area contributed by atoms with E-state index in [-0.39, 0.29) is 24.2 Å². The van der Waals surface area contributed by atoms with Crippen LogP contribution in [0.15, 0.2) is 24.3 Å². The van der Waals surface area contributed by atoms with Crippen LogP contribution in [0.3, 0.4) is 0 Å². The van der Waals surface area contributed by atoms with Gasteiger partial charge in [-0.25, -0.2) is 4.79 Å². The highest BCUT2D eigenvalue weighted by Crippen LogP contribution is 2.23. The number of nitrogens with one attached hydrogen (secondary N) is 2. The minimum absolute atomic E-state index is 0.0478. The molecule has 0 spiro atoms. The standard InChI is InChI=1S/C19H28N4O5/c1-19(2,3)28-18(25)21-12-14-8-6-7-11-22(14)17(24)13-20-15-9-4-5-10-16(15)23(26)27/h4-5,9-10,14,20H,6-8,11-13H2,1-3H3,(H,21,25). The second-order valence-electron chi connectivity index (χ2n) is 7.75. The van der Waals surface area contributed by atoms with Crippen LogP contribution in [0.25, 0.3) is 0 Å². The summed E-state index contributed by atoms with van der Waals surface area (Å²) in [5, 5.41) is 16.7. The van der Waals surface area contributed by atoms with Gasteiger partial charge in [0.15, 0.2) is 0 Å². The first-order valence-corrected chi connectivity index (χ1v) is 9.41. The predicted octanol–water partition coefficient (Wildman–Crippen LogP) is 2.91. The molecule has 0 aromatic heterocycles. The molecule has 154 valence electrons. The van der Waals surface area contributed by atoms with Gasteiger partial charge in [0.25, 0.3) is 5.69 Å². The van der Waals surface area contributed by atoms with Crippen LogP contribution >= 0.6 is 0 Å². The smallest absolute Gasteiger partial charge is 0.407 e. The topological polar surface area (TPSA) is 114 Å². The van der Waals surface area contributed by atoms with Crippen molar-refractivity contribution in [2.75, 3.05) is 25.0 Å². The molecular formula is C19H28N4O5. The highest BCUT2D eigenvalue weighted by atomic mass is 16.6. The van der Waals surface area contributed by atoms with Crippen molar-refractivity contribution in [3.63, 3.8) is 0 Å². The highest BCUT2D eigenvalue weighted by molar-refractivity contribution is 5.82. The van der Waals surface area contributed by atoms with E-state index in [4.69, 9.17) is 4.74 Å². The van der Waals surface area contributed by atoms with E-state index in [1.165, 1.54) is 6.07 Å². The van der Waals surface area contributed by atoms with Crippen molar-refractivity contribution in [2.45, 2.75) is 51.7 Å². The first-order valence-electron chi connectivity index (χ1n) is 9.41. The molecule has 9 heteroatoms. The molecule has 0 saturated carbocycles. The third-order valence-electron chi connectivity index (χ3n) is 4.36. The van der Waals surface area contributed by atoms with Crippen LogP contribution in [-0.2, 0) is 9.53 Å². The summed E-state index contributed by atoms with van der Waals surface area (Å²) in [6, 6.07) is 6.09. The van der Waals surface area contributed by atoms with Gasteiger partial charge in [-0.2, -0.15) is 0 Å². The summed E-state index contributed by atoms with van der Waals surface area (Å²) < 4.78 is 5.24. The third-order valence-corrected chi connectivity index (χ3v) is 4.36. The largest absolute Gasteiger partial charge is 0.444 e. The lowest BCUT2D eigenvalue weighted by molar-refractivity contribution is -0.383. The number of nitro groups is 1. The average molecular weight is 392 g/mol. The van der Waals surface area contributed by atoms with Gasteiger partial charge in [-0.05, 0) is 46.1 Å². The average Bonchev–Trinajstić information content (AvgIpc) is 2.63. The lowest BCUT2D eigenvalue weighted by atomic mass is 10.0. The second-order valence-corrected chi connectivity index (χ2v) is 7.75. The Kier molecular flexibility index (Phi) is 7.19. The Morgan fingerprint density at radius 2 is 2.00 bits per heavy atom. The number of anilines is 1. The zero-order valence-corrected chi connectivity index (χ0v) is 16.6. The summed E-state index contributed by atoms with van der Waals surface area (Å²) in [4.78, 5) is 36.9. The van der Waals surface area contributed by atoms with Crippen molar-refractivity contribution in [3.05, 3.63) is 34.4 Å². The first kappa shape index (κ1) is 21.5. The van der Waals surface area contributed by atoms with E-state index in [0.29, 0.717) is 18.8 Å². The Labute approximate surface area is 164 Å². The number of benzene rings is 1. The molecule has 1 saturated heterocycles. The third kappa shape index (κ3) is 6.40. The molecule has 2 N–H and O–H groups in total. The van der Waals surface area contributed by atoms with E-state index >= 15 is 0 Å². The molecule has 1 atom stereocenters. The number of likely N-dealkylation sites (tertiary alicyclic amines) is 1. The summed E-state index contributed by atoms with van der Waals surface area (Å²) in [5.41, 5.74) is -0.348. The summed E-state index contributed by atoms with van der Waals surface area (Å²) in [7, 11) is 0. The zero-order chi connectivity index (χ0) is 20.7. The van der Waals surface area contributed by atoms with E-state index in [1.807, 2.05) is 0 Å². The number of para-hydroxylation sites is 2. The quantitative estimate of drug-likeness (QED) is 0.568. The number of rotatable bonds is 6. The Hall–Kier alpha value is -2.84. The van der Waals surface area contributed by atoms with Gasteiger partial charge < -0.3 is 20.3 Å². The van der Waals surface area contributed by atoms with Crippen LogP contribution in [0.2, 0.25) is 0 Å². The molecule has 1 aliphatic rings. The van der Waals surface area contributed by atoms with Crippen molar-refractivity contribution in [1.29, 1.82) is 0 Å². The normalized spacial score (nSPS) is 17.0. The molecule has 1 aliphatic heterocycles. The van der Waals surface area contributed by atoms with E-state index in [1.54, 1.807) is 43.9 Å². The van der Waals surface area contributed by atoms with Gasteiger partial charge in [0, 0.05) is 25.2 Å². The number of amides is 2. The molecular weight excluding hydrogens is 364 g/mol. The highest BCUT2D eigenvalue weighted by Gasteiger charge is 2.28. The molecule has 1 aromatic rings. The van der Waals surface area contributed by atoms with Crippen molar-refractivity contribution in [3.8, 4) is 0 Å². The number of nitrogens with zero attached hydrogens (tertiary/aromatic N) is 2. The Balaban J connectivity index is 1.93. The van der Waals surface area contributed by atoms with Crippen LogP contribution in [0.1, 0.15) is 40.0 Å². The number of alkyl carbamates (subject to hydrolysis) is 1. The maximum absolute atomic E-state index is 12.7. The van der Waals surface area contributed by atoms with E-state index < -0.39 is 16.6 Å². The van der Waals surface area contributed by atoms with Gasteiger partial charge in [-0.15, -0.1) is 0 Å². The number of carbonyl (C=O) groups excluding carboxylic acids is 2. The summed E-state index contributed by atoms with van der Waals surface area (Å²) >= 11 is 0. The predicted molar refractivity (Wildman–Crippen MR) is 105 cm³/mol. The SMILES string of the molecule is CC(C)(C)OC(=O)NCC1CCCCN1C(=O)CNc1ccccc1[N+](=O)[O-]. The van der Waals surface area contributed by atoms with Crippen molar-refractivity contribution in [1.82, 2.24) is 10.2 Å². The van der Waals surface area contributed by atoms with Crippen LogP contribution in [0.5, 0.6) is 0 Å². The Morgan fingerprint density at radius 1 is 1.29 bits per heavy atom. The van der Waals surface area contributed by atoms with Crippen molar-refractivity contribution >= 4 is 23.4 Å². The zero-order valence-electron chi connectivity index (χ0n) is 16.6. The molecule has 1 aromatic carbocycles. The molecule has 1 unspecified atom stereocenters. The van der Waals surface area contributed by atoms with Gasteiger partial charge in [0.2, 0.25) is 5.91 Å². The maximum atomic E-state index is 12.7. The fourth-order valence-corrected chi connectivity index (χ4v) is 3.11. The molecule has 1 fully saturated rings. The molecule has 2 rings (SSSR count). The van der Waals surface area contributed by atoms with E-state index in [2.05, 4.69) is 10.6 Å². The number of nitro benzene ring substituents is 1. The minimum Gasteiger partial charge on any atom is -0.444 e. The number of piperidine rings is 1. The lowest BCUT2D eigenvalue weighted by Gasteiger charge is -2.36. The molecule has 9 nitrogen and oxygen atoms in total. The fraction of sp³-hybridized carbons (Fsp3) is 0.579. The second kappa shape index (κ2) is 9.38. The summed E-state index contributed by atoms with van der Waals surface area (Å²) in [6.45, 7) is 6.23. The van der Waals surface area contributed by atoms with Gasteiger partial charge in [-0.1, -0.05) is 12.1 Å². The summed E-state index contributed by atoms with van der Waals surface area (Å²) in [6.07, 6.45) is 2.14. The van der Waals surface area contributed by atoms with Gasteiger partial charge in [0.05, 0.1) is 11.5 Å². The van der Waals surface area contributed by atoms with Crippen LogP contribution < -0.4 is 10.6 Å². The lowest BCUT2D eigenvalue weighted by Crippen LogP contribution is -2.51. The molecule has 0 radical (unpaired) electrons. The van der Waals surface area contributed by atoms with Gasteiger partial charge >= 0.3 is 6.09 Å².